The molecule has 224 valence electrons. The van der Waals surface area contributed by atoms with Gasteiger partial charge in [0.25, 0.3) is 26.0 Å². The maximum atomic E-state index is 12.7. The standard InChI is InChI=1S/C14H10BrN3O3S.C14H9BrN2O4S/c15-9-6-11-12(13(16)19)8-18(14(11)17-7-9)22(20,21)10-4-2-1-3-5-10;15-9-6-11-12(14(18)19)8-17(13(11)16-7-9)22(20,21)10-4-2-1-3-5-10/h1-8H,(H2,16,19);1-8H,(H,18,19). The minimum Gasteiger partial charge on any atom is -0.478 e. The summed E-state index contributed by atoms with van der Waals surface area (Å²) >= 11 is 6.45. The van der Waals surface area contributed by atoms with Gasteiger partial charge in [0.2, 0.25) is 0 Å². The van der Waals surface area contributed by atoms with Crippen molar-refractivity contribution in [3.63, 3.8) is 0 Å². The van der Waals surface area contributed by atoms with Crippen molar-refractivity contribution in [1.82, 2.24) is 17.9 Å². The van der Waals surface area contributed by atoms with Crippen molar-refractivity contribution in [3.8, 4) is 0 Å². The molecule has 1 amide bonds. The quantitative estimate of drug-likeness (QED) is 0.239. The van der Waals surface area contributed by atoms with Crippen LogP contribution < -0.4 is 5.73 Å². The van der Waals surface area contributed by atoms with E-state index in [0.717, 1.165) is 14.1 Å². The van der Waals surface area contributed by atoms with Gasteiger partial charge in [0.05, 0.1) is 20.9 Å². The number of halogens is 2. The number of hydrogen-bond donors (Lipinski definition) is 2. The molecule has 4 aromatic heterocycles. The van der Waals surface area contributed by atoms with Gasteiger partial charge in [-0.1, -0.05) is 36.4 Å². The lowest BCUT2D eigenvalue weighted by molar-refractivity contribution is 0.0698. The summed E-state index contributed by atoms with van der Waals surface area (Å²) in [7, 11) is -7.78. The first-order valence-corrected chi connectivity index (χ1v) is 16.8. The Balaban J connectivity index is 0.000000175. The summed E-state index contributed by atoms with van der Waals surface area (Å²) in [5.74, 6) is -1.93. The van der Waals surface area contributed by atoms with E-state index in [9.17, 15) is 31.5 Å². The number of carboxylic acid groups (broad SMARTS) is 1. The van der Waals surface area contributed by atoms with Crippen molar-refractivity contribution in [2.75, 3.05) is 0 Å². The molecule has 12 nitrogen and oxygen atoms in total. The fourth-order valence-electron chi connectivity index (χ4n) is 4.25. The minimum atomic E-state index is -3.92. The Morgan fingerprint density at radius 1 is 0.682 bits per heavy atom. The summed E-state index contributed by atoms with van der Waals surface area (Å²) in [6.45, 7) is 0. The van der Waals surface area contributed by atoms with Crippen LogP contribution in [0.5, 0.6) is 0 Å². The zero-order valence-electron chi connectivity index (χ0n) is 22.1. The predicted octanol–water partition coefficient (Wildman–Crippen LogP) is 4.87. The molecule has 0 saturated carbocycles. The normalized spacial score (nSPS) is 11.7. The molecule has 44 heavy (non-hydrogen) atoms. The summed E-state index contributed by atoms with van der Waals surface area (Å²) in [5.41, 5.74) is 5.54. The molecule has 0 spiro atoms. The first-order chi connectivity index (χ1) is 20.8. The first kappa shape index (κ1) is 31.1. The van der Waals surface area contributed by atoms with Crippen LogP contribution in [0.15, 0.2) is 116 Å². The van der Waals surface area contributed by atoms with E-state index in [2.05, 4.69) is 41.8 Å². The Morgan fingerprint density at radius 2 is 1.07 bits per heavy atom. The molecule has 6 aromatic rings. The molecule has 2 aromatic carbocycles. The lowest BCUT2D eigenvalue weighted by Crippen LogP contribution is -2.13. The monoisotopic (exact) mass is 759 g/mol. The summed E-state index contributed by atoms with van der Waals surface area (Å²) in [4.78, 5) is 31.2. The van der Waals surface area contributed by atoms with E-state index in [4.69, 9.17) is 5.73 Å². The average molecular weight is 761 g/mol. The lowest BCUT2D eigenvalue weighted by Gasteiger charge is -2.06. The fraction of sp³-hybridized carbons (Fsp3) is 0. The van der Waals surface area contributed by atoms with Gasteiger partial charge >= 0.3 is 5.97 Å². The van der Waals surface area contributed by atoms with E-state index in [-0.39, 0.29) is 37.6 Å². The van der Waals surface area contributed by atoms with Gasteiger partial charge in [-0.2, -0.15) is 0 Å². The summed E-state index contributed by atoms with van der Waals surface area (Å²) < 4.78 is 53.9. The van der Waals surface area contributed by atoms with Gasteiger partial charge in [-0.3, -0.25) is 4.79 Å². The Labute approximate surface area is 267 Å². The number of amides is 1. The molecule has 0 radical (unpaired) electrons. The highest BCUT2D eigenvalue weighted by Crippen LogP contribution is 2.28. The Hall–Kier alpha value is -4.38. The highest BCUT2D eigenvalue weighted by Gasteiger charge is 2.25. The third-order valence-electron chi connectivity index (χ3n) is 6.25. The number of primary amides is 1. The second-order valence-corrected chi connectivity index (χ2v) is 14.5. The largest absolute Gasteiger partial charge is 0.478 e. The molecule has 0 unspecified atom stereocenters. The van der Waals surface area contributed by atoms with Gasteiger partial charge in [-0.15, -0.1) is 0 Å². The molecule has 0 aliphatic carbocycles. The highest BCUT2D eigenvalue weighted by atomic mass is 79.9. The molecule has 0 fully saturated rings. The number of rotatable bonds is 6. The number of nitrogens with zero attached hydrogens (tertiary/aromatic N) is 4. The third-order valence-corrected chi connectivity index (χ3v) is 10.4. The lowest BCUT2D eigenvalue weighted by atomic mass is 10.2. The van der Waals surface area contributed by atoms with E-state index in [1.54, 1.807) is 42.5 Å². The molecule has 16 heteroatoms. The Bertz CT molecular complexity index is 2130. The third kappa shape index (κ3) is 5.76. The van der Waals surface area contributed by atoms with E-state index in [1.165, 1.54) is 48.9 Å². The summed E-state index contributed by atoms with van der Waals surface area (Å²) in [6, 6.07) is 18.8. The topological polar surface area (TPSA) is 184 Å². The molecule has 3 N–H and O–H groups in total. The SMILES string of the molecule is NC(=O)c1cn(S(=O)(=O)c2ccccc2)c2ncc(Br)cc12.O=C(O)c1cn(S(=O)(=O)c2ccccc2)c2ncc(Br)cc12. The van der Waals surface area contributed by atoms with Gasteiger partial charge in [0, 0.05) is 44.5 Å². The minimum absolute atomic E-state index is 0.0635. The van der Waals surface area contributed by atoms with Crippen LogP contribution in [-0.4, -0.2) is 51.7 Å². The molecular formula is C28H19Br2N5O7S2. The zero-order chi connectivity index (χ0) is 31.8. The van der Waals surface area contributed by atoms with Crippen LogP contribution in [-0.2, 0) is 20.0 Å². The first-order valence-electron chi connectivity index (χ1n) is 12.3. The molecule has 0 bridgehead atoms. The van der Waals surface area contributed by atoms with Gasteiger partial charge in [-0.25, -0.2) is 39.5 Å². The molecule has 6 rings (SSSR count). The van der Waals surface area contributed by atoms with E-state index in [1.807, 2.05) is 0 Å². The number of nitrogens with two attached hydrogens (primary N) is 1. The van der Waals surface area contributed by atoms with E-state index < -0.39 is 31.9 Å². The molecule has 0 aliphatic rings. The van der Waals surface area contributed by atoms with Gasteiger partial charge in [0.15, 0.2) is 11.3 Å². The Kier molecular flexibility index (Phi) is 8.44. The van der Waals surface area contributed by atoms with Crippen LogP contribution in [0.4, 0.5) is 0 Å². The number of fused-ring (bicyclic) bond motifs is 2. The molecule has 0 aliphatic heterocycles. The van der Waals surface area contributed by atoms with Gasteiger partial charge in [0.1, 0.15) is 0 Å². The number of pyridine rings is 2. The van der Waals surface area contributed by atoms with Crippen LogP contribution in [0.1, 0.15) is 20.7 Å². The second-order valence-electron chi connectivity index (χ2n) is 9.03. The Morgan fingerprint density at radius 3 is 1.45 bits per heavy atom. The van der Waals surface area contributed by atoms with Crippen LogP contribution in [0, 0.1) is 0 Å². The summed E-state index contributed by atoms with van der Waals surface area (Å²) in [5, 5.41) is 9.90. The van der Waals surface area contributed by atoms with Crippen molar-refractivity contribution in [2.45, 2.75) is 9.79 Å². The van der Waals surface area contributed by atoms with Crippen molar-refractivity contribution in [3.05, 3.63) is 118 Å². The van der Waals surface area contributed by atoms with Crippen LogP contribution >= 0.6 is 31.9 Å². The van der Waals surface area contributed by atoms with Crippen molar-refractivity contribution in [2.24, 2.45) is 5.73 Å². The second kappa shape index (κ2) is 12.0. The predicted molar refractivity (Wildman–Crippen MR) is 168 cm³/mol. The highest BCUT2D eigenvalue weighted by molar-refractivity contribution is 9.10. The number of carboxylic acids is 1. The maximum absolute atomic E-state index is 12.7. The van der Waals surface area contributed by atoms with E-state index >= 15 is 0 Å². The van der Waals surface area contributed by atoms with Gasteiger partial charge in [-0.05, 0) is 68.3 Å². The number of carbonyl (C=O) groups excluding carboxylic acids is 1. The number of benzene rings is 2. The molecule has 0 saturated heterocycles. The number of hydrogen-bond acceptors (Lipinski definition) is 8. The van der Waals surface area contributed by atoms with Gasteiger partial charge < -0.3 is 10.8 Å². The number of carbonyl (C=O) groups is 2. The maximum Gasteiger partial charge on any atom is 0.337 e. The van der Waals surface area contributed by atoms with Crippen LogP contribution in [0.3, 0.4) is 0 Å². The van der Waals surface area contributed by atoms with Crippen molar-refractivity contribution >= 4 is 85.8 Å². The summed E-state index contributed by atoms with van der Waals surface area (Å²) in [6.07, 6.45) is 5.17. The zero-order valence-corrected chi connectivity index (χ0v) is 26.9. The van der Waals surface area contributed by atoms with Crippen LogP contribution in [0.25, 0.3) is 22.1 Å². The molecule has 0 atom stereocenters. The molecule has 4 heterocycles. The van der Waals surface area contributed by atoms with E-state index in [0.29, 0.717) is 14.3 Å². The fourth-order valence-corrected chi connectivity index (χ4v) is 7.61. The average Bonchev–Trinajstić information content (AvgIpc) is 3.58. The smallest absolute Gasteiger partial charge is 0.337 e. The molecular weight excluding hydrogens is 742 g/mol. The van der Waals surface area contributed by atoms with Crippen LogP contribution in [0.2, 0.25) is 0 Å². The number of aromatic carboxylic acids is 1. The number of aromatic nitrogens is 4. The van der Waals surface area contributed by atoms with Crippen molar-refractivity contribution < 1.29 is 31.5 Å². The van der Waals surface area contributed by atoms with Crippen molar-refractivity contribution in [1.29, 1.82) is 0 Å².